The Bertz CT molecular complexity index is 491. The smallest absolute Gasteiger partial charge is 0.142 e. The number of nitrogens with two attached hydrogens (primary N) is 1. The second-order valence-corrected chi connectivity index (χ2v) is 4.81. The van der Waals surface area contributed by atoms with Crippen LogP contribution in [0.3, 0.4) is 0 Å². The molecule has 3 nitrogen and oxygen atoms in total. The lowest BCUT2D eigenvalue weighted by molar-refractivity contribution is 0.970. The van der Waals surface area contributed by atoms with Gasteiger partial charge < -0.3 is 5.73 Å². The highest BCUT2D eigenvalue weighted by molar-refractivity contribution is 7.15. The van der Waals surface area contributed by atoms with E-state index in [0.29, 0.717) is 6.54 Å². The van der Waals surface area contributed by atoms with Gasteiger partial charge in [0.1, 0.15) is 5.01 Å². The molecule has 0 atom stereocenters. The first-order chi connectivity index (χ1) is 7.70. The highest BCUT2D eigenvalue weighted by Crippen LogP contribution is 2.26. The Morgan fingerprint density at radius 1 is 1.25 bits per heavy atom. The minimum absolute atomic E-state index is 0.670. The summed E-state index contributed by atoms with van der Waals surface area (Å²) in [5.41, 5.74) is 8.62. The number of pyridine rings is 1. The Morgan fingerprint density at radius 2 is 2.06 bits per heavy atom. The molecule has 0 aliphatic heterocycles. The van der Waals surface area contributed by atoms with Crippen molar-refractivity contribution < 1.29 is 0 Å². The molecule has 2 rings (SSSR count). The molecule has 0 saturated carbocycles. The van der Waals surface area contributed by atoms with E-state index in [4.69, 9.17) is 5.73 Å². The number of hydrogen-bond donors (Lipinski definition) is 1. The Labute approximate surface area is 99.4 Å². The van der Waals surface area contributed by atoms with Gasteiger partial charge in [0.25, 0.3) is 0 Å². The summed E-state index contributed by atoms with van der Waals surface area (Å²) in [6, 6.07) is 6.00. The predicted octanol–water partition coefficient (Wildman–Crippen LogP) is 2.32. The lowest BCUT2D eigenvalue weighted by atomic mass is 10.3. The van der Waals surface area contributed by atoms with E-state index in [0.717, 1.165) is 28.5 Å². The molecule has 2 aromatic rings. The quantitative estimate of drug-likeness (QED) is 0.885. The van der Waals surface area contributed by atoms with Crippen LogP contribution in [0, 0.1) is 13.8 Å². The molecule has 0 fully saturated rings. The molecule has 0 aromatic carbocycles. The van der Waals surface area contributed by atoms with Crippen molar-refractivity contribution in [3.05, 3.63) is 34.5 Å². The van der Waals surface area contributed by atoms with Crippen molar-refractivity contribution in [1.82, 2.24) is 9.97 Å². The zero-order chi connectivity index (χ0) is 11.5. The number of aryl methyl sites for hydroxylation is 2. The molecule has 4 heteroatoms. The maximum Gasteiger partial charge on any atom is 0.142 e. The Balaban J connectivity index is 2.37. The maximum absolute atomic E-state index is 5.56. The van der Waals surface area contributed by atoms with Gasteiger partial charge in [0.05, 0.1) is 11.4 Å². The third kappa shape index (κ3) is 2.28. The topological polar surface area (TPSA) is 51.8 Å². The summed E-state index contributed by atoms with van der Waals surface area (Å²) in [7, 11) is 0. The highest BCUT2D eigenvalue weighted by Gasteiger charge is 2.09. The third-order valence-corrected chi connectivity index (χ3v) is 3.61. The Morgan fingerprint density at radius 3 is 2.75 bits per heavy atom. The molecule has 0 aliphatic rings. The molecule has 2 aromatic heterocycles. The molecule has 0 spiro atoms. The molecule has 0 unspecified atom stereocenters. The number of hydrogen-bond acceptors (Lipinski definition) is 4. The third-order valence-electron chi connectivity index (χ3n) is 2.37. The first kappa shape index (κ1) is 11.2. The van der Waals surface area contributed by atoms with Crippen molar-refractivity contribution in [2.45, 2.75) is 20.3 Å². The molecular formula is C12H15N3S. The van der Waals surface area contributed by atoms with E-state index in [-0.39, 0.29) is 0 Å². The van der Waals surface area contributed by atoms with Gasteiger partial charge in [-0.3, -0.25) is 4.98 Å². The molecule has 84 valence electrons. The largest absolute Gasteiger partial charge is 0.330 e. The number of rotatable bonds is 3. The second kappa shape index (κ2) is 4.72. The summed E-state index contributed by atoms with van der Waals surface area (Å²) in [4.78, 5) is 10.3. The van der Waals surface area contributed by atoms with Gasteiger partial charge in [-0.1, -0.05) is 6.07 Å². The van der Waals surface area contributed by atoms with Crippen LogP contribution in [0.5, 0.6) is 0 Å². The molecule has 2 N–H and O–H groups in total. The zero-order valence-corrected chi connectivity index (χ0v) is 10.3. The average molecular weight is 233 g/mol. The van der Waals surface area contributed by atoms with Gasteiger partial charge in [-0.15, -0.1) is 11.3 Å². The van der Waals surface area contributed by atoms with E-state index in [1.807, 2.05) is 32.0 Å². The highest BCUT2D eigenvalue weighted by atomic mass is 32.1. The first-order valence-corrected chi connectivity index (χ1v) is 6.12. The van der Waals surface area contributed by atoms with Crippen molar-refractivity contribution in [2.75, 3.05) is 6.54 Å². The summed E-state index contributed by atoms with van der Waals surface area (Å²) >= 11 is 1.69. The molecule has 0 amide bonds. The van der Waals surface area contributed by atoms with Gasteiger partial charge in [0.15, 0.2) is 0 Å². The molecule has 16 heavy (non-hydrogen) atoms. The fourth-order valence-electron chi connectivity index (χ4n) is 1.56. The second-order valence-electron chi connectivity index (χ2n) is 3.73. The van der Waals surface area contributed by atoms with Crippen molar-refractivity contribution in [1.29, 1.82) is 0 Å². The molecule has 2 heterocycles. The van der Waals surface area contributed by atoms with Crippen LogP contribution in [0.15, 0.2) is 18.2 Å². The van der Waals surface area contributed by atoms with Crippen LogP contribution in [0.2, 0.25) is 0 Å². The van der Waals surface area contributed by atoms with Gasteiger partial charge in [-0.05, 0) is 38.9 Å². The average Bonchev–Trinajstić information content (AvgIpc) is 2.61. The number of thiazole rings is 1. The molecule has 0 saturated heterocycles. The maximum atomic E-state index is 5.56. The zero-order valence-electron chi connectivity index (χ0n) is 9.53. The van der Waals surface area contributed by atoms with E-state index < -0.39 is 0 Å². The van der Waals surface area contributed by atoms with Crippen molar-refractivity contribution in [3.8, 4) is 10.7 Å². The van der Waals surface area contributed by atoms with Crippen LogP contribution in [0.4, 0.5) is 0 Å². The van der Waals surface area contributed by atoms with Gasteiger partial charge in [-0.25, -0.2) is 4.98 Å². The normalized spacial score (nSPS) is 10.7. The molecule has 0 radical (unpaired) electrons. The standard InChI is InChI=1S/C12H15N3S/c1-8-4-3-5-10(14-8)12-15-9(2)11(16-12)6-7-13/h3-5H,6-7,13H2,1-2H3. The van der Waals surface area contributed by atoms with Crippen LogP contribution in [0.25, 0.3) is 10.7 Å². The minimum Gasteiger partial charge on any atom is -0.330 e. The van der Waals surface area contributed by atoms with Crippen LogP contribution in [-0.2, 0) is 6.42 Å². The van der Waals surface area contributed by atoms with E-state index in [2.05, 4.69) is 9.97 Å². The molecule has 0 bridgehead atoms. The van der Waals surface area contributed by atoms with Crippen molar-refractivity contribution in [2.24, 2.45) is 5.73 Å². The SMILES string of the molecule is Cc1cccc(-c2nc(C)c(CCN)s2)n1. The Kier molecular flexibility index (Phi) is 3.31. The monoisotopic (exact) mass is 233 g/mol. The van der Waals surface area contributed by atoms with Crippen molar-refractivity contribution in [3.63, 3.8) is 0 Å². The van der Waals surface area contributed by atoms with Gasteiger partial charge >= 0.3 is 0 Å². The lowest BCUT2D eigenvalue weighted by Gasteiger charge is -1.96. The molecular weight excluding hydrogens is 218 g/mol. The van der Waals surface area contributed by atoms with Gasteiger partial charge in [0.2, 0.25) is 0 Å². The summed E-state index contributed by atoms with van der Waals surface area (Å²) in [6.07, 6.45) is 0.898. The summed E-state index contributed by atoms with van der Waals surface area (Å²) in [6.45, 7) is 4.69. The van der Waals surface area contributed by atoms with Gasteiger partial charge in [0, 0.05) is 10.6 Å². The minimum atomic E-state index is 0.670. The Hall–Kier alpha value is -1.26. The fourth-order valence-corrected chi connectivity index (χ4v) is 2.61. The van der Waals surface area contributed by atoms with Crippen LogP contribution >= 0.6 is 11.3 Å². The van der Waals surface area contributed by atoms with Crippen molar-refractivity contribution >= 4 is 11.3 Å². The number of aromatic nitrogens is 2. The predicted molar refractivity (Wildman–Crippen MR) is 67.6 cm³/mol. The van der Waals surface area contributed by atoms with Crippen LogP contribution < -0.4 is 5.73 Å². The summed E-state index contributed by atoms with van der Waals surface area (Å²) < 4.78 is 0. The summed E-state index contributed by atoms with van der Waals surface area (Å²) in [5, 5.41) is 0.990. The van der Waals surface area contributed by atoms with Crippen LogP contribution in [-0.4, -0.2) is 16.5 Å². The first-order valence-electron chi connectivity index (χ1n) is 5.31. The lowest BCUT2D eigenvalue weighted by Crippen LogP contribution is -2.01. The number of nitrogens with zero attached hydrogens (tertiary/aromatic N) is 2. The van der Waals surface area contributed by atoms with Gasteiger partial charge in [-0.2, -0.15) is 0 Å². The molecule has 0 aliphatic carbocycles. The summed E-state index contributed by atoms with van der Waals surface area (Å²) in [5.74, 6) is 0. The van der Waals surface area contributed by atoms with E-state index >= 15 is 0 Å². The van der Waals surface area contributed by atoms with E-state index in [9.17, 15) is 0 Å². The van der Waals surface area contributed by atoms with Crippen LogP contribution in [0.1, 0.15) is 16.3 Å². The van der Waals surface area contributed by atoms with E-state index in [1.54, 1.807) is 11.3 Å². The van der Waals surface area contributed by atoms with E-state index in [1.165, 1.54) is 4.88 Å². The fraction of sp³-hybridized carbons (Fsp3) is 0.333.